The lowest BCUT2D eigenvalue weighted by atomic mass is 10.00. The lowest BCUT2D eigenvalue weighted by molar-refractivity contribution is -0.160. The largest absolute Gasteiger partial charge is 0.462 e. The van der Waals surface area contributed by atoms with E-state index in [1.54, 1.807) is 24.5 Å². The maximum absolute atomic E-state index is 13.6. The van der Waals surface area contributed by atoms with E-state index in [1.807, 2.05) is 12.1 Å². The summed E-state index contributed by atoms with van der Waals surface area (Å²) in [7, 11) is 0. The van der Waals surface area contributed by atoms with Crippen LogP contribution in [0.5, 0.6) is 0 Å². The fourth-order valence-corrected chi connectivity index (χ4v) is 4.36. The monoisotopic (exact) mass is 422 g/mol. The first-order valence-corrected chi connectivity index (χ1v) is 10.7. The van der Waals surface area contributed by atoms with Crippen LogP contribution in [0, 0.1) is 5.82 Å². The van der Waals surface area contributed by atoms with Crippen LogP contribution in [-0.2, 0) is 16.1 Å². The maximum Gasteiger partial charge on any atom is 0.308 e. The van der Waals surface area contributed by atoms with E-state index >= 15 is 0 Å². The molecule has 162 valence electrons. The molecule has 1 N–H and O–H groups in total. The molecule has 1 fully saturated rings. The summed E-state index contributed by atoms with van der Waals surface area (Å²) in [6.45, 7) is 4.92. The van der Waals surface area contributed by atoms with Gasteiger partial charge in [0.1, 0.15) is 11.9 Å². The number of hydrogen-bond acceptors (Lipinski definition) is 4. The highest BCUT2D eigenvalue weighted by Crippen LogP contribution is 2.37. The number of aromatic nitrogens is 2. The van der Waals surface area contributed by atoms with Gasteiger partial charge in [0.05, 0.1) is 12.5 Å². The second kappa shape index (κ2) is 9.02. The molecule has 6 heteroatoms. The van der Waals surface area contributed by atoms with Crippen molar-refractivity contribution in [3.8, 4) is 22.4 Å². The number of cyclic esters (lactones) is 1. The van der Waals surface area contributed by atoms with Crippen LogP contribution in [0.15, 0.2) is 54.9 Å². The molecule has 2 atom stereocenters. The van der Waals surface area contributed by atoms with Crippen molar-refractivity contribution in [1.29, 1.82) is 0 Å². The molecule has 1 aromatic carbocycles. The third-order valence-electron chi connectivity index (χ3n) is 5.73. The first-order valence-electron chi connectivity index (χ1n) is 10.7. The van der Waals surface area contributed by atoms with Crippen molar-refractivity contribution in [3.05, 3.63) is 66.4 Å². The van der Waals surface area contributed by atoms with Crippen LogP contribution in [0.1, 0.15) is 44.7 Å². The van der Waals surface area contributed by atoms with E-state index in [0.717, 1.165) is 28.1 Å². The van der Waals surface area contributed by atoms with Crippen LogP contribution in [0.25, 0.3) is 22.4 Å². The molecule has 0 bridgehead atoms. The molecule has 1 aliphatic heterocycles. The molecule has 4 rings (SSSR count). The normalized spacial score (nSPS) is 18.9. The van der Waals surface area contributed by atoms with Gasteiger partial charge in [-0.05, 0) is 59.5 Å². The van der Waals surface area contributed by atoms with Crippen LogP contribution in [-0.4, -0.2) is 32.8 Å². The molecule has 1 saturated heterocycles. The molecule has 0 aliphatic carbocycles. The first kappa shape index (κ1) is 21.2. The van der Waals surface area contributed by atoms with E-state index in [-0.39, 0.29) is 30.2 Å². The predicted molar refractivity (Wildman–Crippen MR) is 117 cm³/mol. The highest BCUT2D eigenvalue weighted by Gasteiger charge is 2.28. The third-order valence-corrected chi connectivity index (χ3v) is 5.73. The fraction of sp³-hybridized carbons (Fsp3) is 0.360. The summed E-state index contributed by atoms with van der Waals surface area (Å²) in [5, 5.41) is 9.95. The minimum atomic E-state index is -0.649. The first-order chi connectivity index (χ1) is 14.9. The molecule has 0 amide bonds. The number of rotatable bonds is 6. The highest BCUT2D eigenvalue weighted by atomic mass is 19.1. The van der Waals surface area contributed by atoms with Gasteiger partial charge in [-0.3, -0.25) is 9.78 Å². The molecule has 0 radical (unpaired) electrons. The number of benzene rings is 1. The summed E-state index contributed by atoms with van der Waals surface area (Å²) < 4.78 is 21.3. The zero-order valence-corrected chi connectivity index (χ0v) is 17.8. The van der Waals surface area contributed by atoms with Crippen molar-refractivity contribution in [3.63, 3.8) is 0 Å². The number of nitrogens with zero attached hydrogens (tertiary/aromatic N) is 2. The Morgan fingerprint density at radius 1 is 1.16 bits per heavy atom. The van der Waals surface area contributed by atoms with Crippen molar-refractivity contribution in [2.45, 2.75) is 57.8 Å². The zero-order chi connectivity index (χ0) is 22.0. The second-order valence-corrected chi connectivity index (χ2v) is 8.37. The van der Waals surface area contributed by atoms with Crippen molar-refractivity contribution in [2.24, 2.45) is 0 Å². The highest BCUT2D eigenvalue weighted by molar-refractivity contribution is 5.75. The van der Waals surface area contributed by atoms with E-state index in [0.29, 0.717) is 19.4 Å². The number of carbonyl (C=O) groups excluding carboxylic acids is 1. The van der Waals surface area contributed by atoms with E-state index < -0.39 is 6.10 Å². The molecule has 31 heavy (non-hydrogen) atoms. The minimum absolute atomic E-state index is 0.0598. The molecule has 1 aliphatic rings. The lowest BCUT2D eigenvalue weighted by Crippen LogP contribution is -2.33. The number of carbonyl (C=O) groups is 1. The average Bonchev–Trinajstić information content (AvgIpc) is 3.12. The summed E-state index contributed by atoms with van der Waals surface area (Å²) in [6, 6.07) is 12.6. The van der Waals surface area contributed by atoms with Gasteiger partial charge < -0.3 is 14.4 Å². The number of hydrogen-bond donors (Lipinski definition) is 1. The smallest absolute Gasteiger partial charge is 0.308 e. The van der Waals surface area contributed by atoms with E-state index in [4.69, 9.17) is 4.74 Å². The van der Waals surface area contributed by atoms with Crippen molar-refractivity contribution in [2.75, 3.05) is 0 Å². The van der Waals surface area contributed by atoms with Crippen molar-refractivity contribution in [1.82, 2.24) is 9.55 Å². The van der Waals surface area contributed by atoms with Gasteiger partial charge >= 0.3 is 5.97 Å². The van der Waals surface area contributed by atoms with Crippen LogP contribution in [0.4, 0.5) is 4.39 Å². The standard InChI is InChI=1S/C25H27FN2O3/c1-16(2)25-22(17-7-10-27-11-8-17)15-23(18-3-5-19(26)6-4-18)28(25)12-9-21-13-20(29)14-24(30)31-21/h3-8,10-11,15-16,20-21,29H,9,12-14H2,1-2H3/t20-,21-/m1/s1. The van der Waals surface area contributed by atoms with Gasteiger partial charge in [-0.1, -0.05) is 13.8 Å². The molecular weight excluding hydrogens is 395 g/mol. The molecule has 0 unspecified atom stereocenters. The van der Waals surface area contributed by atoms with Gasteiger partial charge in [0.25, 0.3) is 0 Å². The number of aliphatic hydroxyl groups excluding tert-OH is 1. The number of ether oxygens (including phenoxy) is 1. The van der Waals surface area contributed by atoms with Gasteiger partial charge in [0.2, 0.25) is 0 Å². The summed E-state index contributed by atoms with van der Waals surface area (Å²) >= 11 is 0. The number of halogens is 1. The van der Waals surface area contributed by atoms with Crippen LogP contribution in [0.3, 0.4) is 0 Å². The Hall–Kier alpha value is -2.99. The van der Waals surface area contributed by atoms with E-state index in [9.17, 15) is 14.3 Å². The third kappa shape index (κ3) is 4.69. The molecule has 0 saturated carbocycles. The Bertz CT molecular complexity index is 1040. The minimum Gasteiger partial charge on any atom is -0.462 e. The van der Waals surface area contributed by atoms with Crippen LogP contribution in [0.2, 0.25) is 0 Å². The Morgan fingerprint density at radius 3 is 2.52 bits per heavy atom. The Balaban J connectivity index is 1.76. The quantitative estimate of drug-likeness (QED) is 0.572. The van der Waals surface area contributed by atoms with Crippen molar-refractivity contribution >= 4 is 5.97 Å². The molecule has 5 nitrogen and oxygen atoms in total. The number of pyridine rings is 1. The summed E-state index contributed by atoms with van der Waals surface area (Å²) in [4.78, 5) is 15.9. The van der Waals surface area contributed by atoms with Gasteiger partial charge in [-0.25, -0.2) is 4.39 Å². The summed E-state index contributed by atoms with van der Waals surface area (Å²) in [5.41, 5.74) is 5.24. The zero-order valence-electron chi connectivity index (χ0n) is 17.8. The van der Waals surface area contributed by atoms with Gasteiger partial charge in [-0.15, -0.1) is 0 Å². The van der Waals surface area contributed by atoms with Crippen LogP contribution < -0.4 is 0 Å². The summed E-state index contributed by atoms with van der Waals surface area (Å²) in [6.07, 6.45) is 3.70. The average molecular weight is 423 g/mol. The molecule has 0 spiro atoms. The molecular formula is C25H27FN2O3. The van der Waals surface area contributed by atoms with Gasteiger partial charge in [0, 0.05) is 48.7 Å². The van der Waals surface area contributed by atoms with Gasteiger partial charge in [0.15, 0.2) is 0 Å². The fourth-order valence-electron chi connectivity index (χ4n) is 4.36. The molecule has 3 aromatic rings. The Kier molecular flexibility index (Phi) is 6.18. The molecule has 2 aromatic heterocycles. The maximum atomic E-state index is 13.6. The van der Waals surface area contributed by atoms with Crippen LogP contribution >= 0.6 is 0 Å². The van der Waals surface area contributed by atoms with E-state index in [2.05, 4.69) is 29.5 Å². The SMILES string of the molecule is CC(C)c1c(-c2ccncc2)cc(-c2ccc(F)cc2)n1CC[C@@H]1C[C@@H](O)CC(=O)O1. The van der Waals surface area contributed by atoms with Gasteiger partial charge in [-0.2, -0.15) is 0 Å². The van der Waals surface area contributed by atoms with E-state index in [1.165, 1.54) is 12.1 Å². The molecule has 3 heterocycles. The number of aliphatic hydroxyl groups is 1. The Labute approximate surface area is 181 Å². The topological polar surface area (TPSA) is 64.3 Å². The second-order valence-electron chi connectivity index (χ2n) is 8.37. The van der Waals surface area contributed by atoms with Crippen molar-refractivity contribution < 1.29 is 19.0 Å². The lowest BCUT2D eigenvalue weighted by Gasteiger charge is -2.27. The predicted octanol–water partition coefficient (Wildman–Crippen LogP) is 4.94. The summed E-state index contributed by atoms with van der Waals surface area (Å²) in [5.74, 6) is -0.392. The Morgan fingerprint density at radius 2 is 1.87 bits per heavy atom. The number of esters is 1.